The number of rotatable bonds is 8. The number of anilines is 2. The van der Waals surface area contributed by atoms with Crippen LogP contribution in [0.2, 0.25) is 0 Å². The monoisotopic (exact) mass is 565 g/mol. The minimum Gasteiger partial charge on any atom is -0.331 e. The van der Waals surface area contributed by atoms with E-state index < -0.39 is 12.1 Å². The summed E-state index contributed by atoms with van der Waals surface area (Å²) in [4.78, 5) is 58.1. The van der Waals surface area contributed by atoms with Crippen LogP contribution in [0.3, 0.4) is 0 Å². The van der Waals surface area contributed by atoms with E-state index in [0.717, 1.165) is 24.0 Å². The number of amides is 4. The van der Waals surface area contributed by atoms with E-state index in [0.29, 0.717) is 49.3 Å². The molecule has 2 saturated heterocycles. The molecule has 2 aromatic carbocycles. The average molecular weight is 566 g/mol. The summed E-state index contributed by atoms with van der Waals surface area (Å²) in [6, 6.07) is 17.6. The minimum atomic E-state index is -0.513. The fraction of sp³-hybridized carbons (Fsp3) is 0.303. The van der Waals surface area contributed by atoms with Gasteiger partial charge in [-0.2, -0.15) is 0 Å². The Hall–Kier alpha value is -4.79. The highest BCUT2D eigenvalue weighted by atomic mass is 16.2. The molecule has 0 unspecified atom stereocenters. The van der Waals surface area contributed by atoms with Crippen molar-refractivity contribution in [3.8, 4) is 0 Å². The zero-order valence-corrected chi connectivity index (χ0v) is 23.7. The van der Waals surface area contributed by atoms with Gasteiger partial charge in [0.25, 0.3) is 5.91 Å². The number of hydrogen-bond donors (Lipinski definition) is 2. The Morgan fingerprint density at radius 2 is 1.31 bits per heavy atom. The lowest BCUT2D eigenvalue weighted by molar-refractivity contribution is -0.136. The molecular weight excluding hydrogens is 530 g/mol. The number of nitrogens with one attached hydrogen (secondary N) is 2. The van der Waals surface area contributed by atoms with Crippen LogP contribution in [0.15, 0.2) is 73.1 Å². The quantitative estimate of drug-likeness (QED) is 0.380. The van der Waals surface area contributed by atoms with E-state index in [2.05, 4.69) is 15.6 Å². The van der Waals surface area contributed by atoms with Gasteiger partial charge in [-0.3, -0.25) is 24.2 Å². The number of carbonyl (C=O) groups excluding carboxylic acids is 4. The predicted octanol–water partition coefficient (Wildman–Crippen LogP) is 4.83. The predicted molar refractivity (Wildman–Crippen MR) is 162 cm³/mol. The first-order valence-electron chi connectivity index (χ1n) is 14.4. The summed E-state index contributed by atoms with van der Waals surface area (Å²) in [5, 5.41) is 5.88. The molecule has 0 saturated carbocycles. The van der Waals surface area contributed by atoms with Gasteiger partial charge in [0, 0.05) is 43.3 Å². The van der Waals surface area contributed by atoms with Crippen LogP contribution < -0.4 is 10.6 Å². The molecular formula is C33H35N5O4. The highest BCUT2D eigenvalue weighted by Crippen LogP contribution is 2.23. The SMILES string of the molecule is CCC(=O)N1CCC[C@H]1C(=O)Nc1ccc(/C=C/c2ccc(NC(=O)[C@@H]3CCCN3C(=O)c3cccnc3)cc2)cc1. The maximum absolute atomic E-state index is 13.0. The highest BCUT2D eigenvalue weighted by Gasteiger charge is 2.35. The van der Waals surface area contributed by atoms with Crippen LogP contribution in [0.25, 0.3) is 12.2 Å². The molecule has 1 aromatic heterocycles. The Kier molecular flexibility index (Phi) is 9.06. The Morgan fingerprint density at radius 3 is 1.81 bits per heavy atom. The molecule has 0 aliphatic carbocycles. The van der Waals surface area contributed by atoms with Crippen molar-refractivity contribution >= 4 is 47.2 Å². The maximum atomic E-state index is 13.0. The van der Waals surface area contributed by atoms with Crippen LogP contribution in [0.5, 0.6) is 0 Å². The minimum absolute atomic E-state index is 0.0114. The molecule has 2 atom stereocenters. The summed E-state index contributed by atoms with van der Waals surface area (Å²) >= 11 is 0. The van der Waals surface area contributed by atoms with Gasteiger partial charge in [-0.25, -0.2) is 0 Å². The second kappa shape index (κ2) is 13.2. The first-order chi connectivity index (χ1) is 20.4. The Morgan fingerprint density at radius 1 is 0.786 bits per heavy atom. The molecule has 2 aliphatic rings. The third kappa shape index (κ3) is 6.74. The summed E-state index contributed by atoms with van der Waals surface area (Å²) in [6.45, 7) is 2.99. The topological polar surface area (TPSA) is 112 Å². The molecule has 4 amide bonds. The third-order valence-corrected chi connectivity index (χ3v) is 7.73. The number of hydrogen-bond acceptors (Lipinski definition) is 5. The van der Waals surface area contributed by atoms with E-state index in [1.165, 1.54) is 6.20 Å². The van der Waals surface area contributed by atoms with Crippen LogP contribution in [0, 0.1) is 0 Å². The number of benzene rings is 2. The van der Waals surface area contributed by atoms with Crippen molar-refractivity contribution in [3.63, 3.8) is 0 Å². The summed E-state index contributed by atoms with van der Waals surface area (Å²) in [7, 11) is 0. The molecule has 0 bridgehead atoms. The fourth-order valence-electron chi connectivity index (χ4n) is 5.48. The van der Waals surface area contributed by atoms with Gasteiger partial charge in [-0.15, -0.1) is 0 Å². The largest absolute Gasteiger partial charge is 0.331 e. The van der Waals surface area contributed by atoms with E-state index in [-0.39, 0.29) is 23.6 Å². The third-order valence-electron chi connectivity index (χ3n) is 7.73. The second-order valence-corrected chi connectivity index (χ2v) is 10.6. The standard InChI is InChI=1S/C33H35N5O4/c1-2-30(39)37-20-4-7-28(37)31(40)35-26-15-11-23(12-16-26)9-10-24-13-17-27(18-14-24)36-32(41)29-8-5-21-38(29)33(42)25-6-3-19-34-22-25/h3,6,9-19,22,28-29H,2,4-5,7-8,20-21H2,1H3,(H,35,40)(H,36,41)/b10-9+/t28-,29-/m0/s1. The van der Waals surface area contributed by atoms with Gasteiger partial charge < -0.3 is 20.4 Å². The van der Waals surface area contributed by atoms with E-state index in [1.54, 1.807) is 28.1 Å². The van der Waals surface area contributed by atoms with Crippen LogP contribution >= 0.6 is 0 Å². The lowest BCUT2D eigenvalue weighted by Crippen LogP contribution is -2.43. The van der Waals surface area contributed by atoms with Crippen LogP contribution in [-0.2, 0) is 14.4 Å². The lowest BCUT2D eigenvalue weighted by atomic mass is 10.1. The zero-order chi connectivity index (χ0) is 29.5. The summed E-state index contributed by atoms with van der Waals surface area (Å²) in [5.74, 6) is -0.513. The number of nitrogens with zero attached hydrogens (tertiary/aromatic N) is 3. The Bertz CT molecular complexity index is 1450. The average Bonchev–Trinajstić information content (AvgIpc) is 3.72. The van der Waals surface area contributed by atoms with Crippen molar-refractivity contribution in [2.75, 3.05) is 23.7 Å². The Balaban J connectivity index is 1.14. The van der Waals surface area contributed by atoms with E-state index in [4.69, 9.17) is 0 Å². The van der Waals surface area contributed by atoms with Gasteiger partial charge in [0.2, 0.25) is 17.7 Å². The molecule has 2 fully saturated rings. The van der Waals surface area contributed by atoms with Crippen molar-refractivity contribution in [3.05, 3.63) is 89.7 Å². The molecule has 0 spiro atoms. The number of aromatic nitrogens is 1. The molecule has 5 rings (SSSR count). The Labute approximate surface area is 245 Å². The first kappa shape index (κ1) is 28.7. The summed E-state index contributed by atoms with van der Waals surface area (Å²) < 4.78 is 0. The normalized spacial score (nSPS) is 18.3. The van der Waals surface area contributed by atoms with Crippen molar-refractivity contribution < 1.29 is 19.2 Å². The zero-order valence-electron chi connectivity index (χ0n) is 23.7. The highest BCUT2D eigenvalue weighted by molar-refractivity contribution is 6.01. The van der Waals surface area contributed by atoms with Crippen LogP contribution in [0.4, 0.5) is 11.4 Å². The molecule has 3 aromatic rings. The van der Waals surface area contributed by atoms with Gasteiger partial charge in [-0.1, -0.05) is 43.3 Å². The molecule has 3 heterocycles. The van der Waals surface area contributed by atoms with Crippen molar-refractivity contribution in [2.24, 2.45) is 0 Å². The number of pyridine rings is 1. The van der Waals surface area contributed by atoms with Crippen molar-refractivity contribution in [2.45, 2.75) is 51.1 Å². The van der Waals surface area contributed by atoms with Gasteiger partial charge >= 0.3 is 0 Å². The molecule has 2 aliphatic heterocycles. The second-order valence-electron chi connectivity index (χ2n) is 10.6. The number of likely N-dealkylation sites (tertiary alicyclic amines) is 2. The van der Waals surface area contributed by atoms with Gasteiger partial charge in [0.1, 0.15) is 12.1 Å². The smallest absolute Gasteiger partial charge is 0.256 e. The lowest BCUT2D eigenvalue weighted by Gasteiger charge is -2.24. The summed E-state index contributed by atoms with van der Waals surface area (Å²) in [6.07, 6.45) is 10.4. The van der Waals surface area contributed by atoms with E-state index in [9.17, 15) is 19.2 Å². The van der Waals surface area contributed by atoms with Crippen LogP contribution in [-0.4, -0.2) is 63.6 Å². The molecule has 2 N–H and O–H groups in total. The molecule has 9 heteroatoms. The van der Waals surface area contributed by atoms with Crippen LogP contribution in [0.1, 0.15) is 60.5 Å². The van der Waals surface area contributed by atoms with E-state index >= 15 is 0 Å². The molecule has 0 radical (unpaired) electrons. The molecule has 42 heavy (non-hydrogen) atoms. The van der Waals surface area contributed by atoms with Gasteiger partial charge in [0.05, 0.1) is 5.56 Å². The number of carbonyl (C=O) groups is 4. The van der Waals surface area contributed by atoms with E-state index in [1.807, 2.05) is 67.6 Å². The molecule has 9 nitrogen and oxygen atoms in total. The van der Waals surface area contributed by atoms with Gasteiger partial charge in [-0.05, 0) is 73.2 Å². The van der Waals surface area contributed by atoms with Crippen molar-refractivity contribution in [1.82, 2.24) is 14.8 Å². The fourth-order valence-corrected chi connectivity index (χ4v) is 5.48. The molecule has 216 valence electrons. The maximum Gasteiger partial charge on any atom is 0.256 e. The van der Waals surface area contributed by atoms with Crippen molar-refractivity contribution in [1.29, 1.82) is 0 Å². The van der Waals surface area contributed by atoms with Gasteiger partial charge in [0.15, 0.2) is 0 Å². The first-order valence-corrected chi connectivity index (χ1v) is 14.4. The summed E-state index contributed by atoms with van der Waals surface area (Å²) in [5.41, 5.74) is 3.76.